The van der Waals surface area contributed by atoms with Gasteiger partial charge in [0.25, 0.3) is 0 Å². The number of hydrogen-bond acceptors (Lipinski definition) is 4. The van der Waals surface area contributed by atoms with Crippen LogP contribution in [0, 0.1) is 16.7 Å². The smallest absolute Gasteiger partial charge is 0.229 e. The van der Waals surface area contributed by atoms with Crippen LogP contribution in [0.5, 0.6) is 0 Å². The molecule has 198 valence electrons. The summed E-state index contributed by atoms with van der Waals surface area (Å²) in [6.45, 7) is 8.42. The fraction of sp³-hybridized carbons (Fsp3) is 0.533. The molecule has 0 spiro atoms. The van der Waals surface area contributed by atoms with E-state index in [1.165, 1.54) is 0 Å². The number of rotatable bonds is 8. The molecule has 0 aliphatic carbocycles. The second kappa shape index (κ2) is 11.3. The van der Waals surface area contributed by atoms with Gasteiger partial charge in [0.1, 0.15) is 0 Å². The second-order valence-electron chi connectivity index (χ2n) is 11.0. The molecular formula is C30H36Cl2N2O3. The van der Waals surface area contributed by atoms with E-state index in [2.05, 4.69) is 30.9 Å². The van der Waals surface area contributed by atoms with E-state index in [4.69, 9.17) is 32.7 Å². The fourth-order valence-corrected chi connectivity index (χ4v) is 6.43. The molecule has 0 bridgehead atoms. The Labute approximate surface area is 230 Å². The van der Waals surface area contributed by atoms with Gasteiger partial charge in [0, 0.05) is 33.8 Å². The molecule has 2 aliphatic heterocycles. The van der Waals surface area contributed by atoms with Crippen LogP contribution in [0.1, 0.15) is 82.9 Å². The first-order chi connectivity index (χ1) is 17.6. The minimum absolute atomic E-state index is 0.00552. The monoisotopic (exact) mass is 542 g/mol. The maximum absolute atomic E-state index is 14.5. The third kappa shape index (κ3) is 6.15. The number of nitriles is 1. The lowest BCUT2D eigenvalue weighted by Crippen LogP contribution is -2.56. The van der Waals surface area contributed by atoms with E-state index in [1.807, 2.05) is 56.3 Å². The molecule has 2 aromatic carbocycles. The molecular weight excluding hydrogens is 507 g/mol. The number of likely N-dealkylation sites (tertiary alicyclic amines) is 1. The van der Waals surface area contributed by atoms with Gasteiger partial charge in [0.15, 0.2) is 5.79 Å². The first-order valence-corrected chi connectivity index (χ1v) is 13.8. The summed E-state index contributed by atoms with van der Waals surface area (Å²) in [5, 5.41) is 10.7. The SMILES string of the molecule is CCC(CCC#N)N1C(=O)[C@@](C)(CC2COC(C)(C)O2)C[C@H](c2cccc(Cl)c2)C1c1ccc(Cl)cc1. The highest BCUT2D eigenvalue weighted by molar-refractivity contribution is 6.30. The number of benzene rings is 2. The van der Waals surface area contributed by atoms with Crippen LogP contribution in [-0.4, -0.2) is 35.3 Å². The van der Waals surface area contributed by atoms with E-state index in [1.54, 1.807) is 0 Å². The van der Waals surface area contributed by atoms with Crippen LogP contribution in [0.2, 0.25) is 10.0 Å². The van der Waals surface area contributed by atoms with Crippen LogP contribution in [0.4, 0.5) is 0 Å². The van der Waals surface area contributed by atoms with Crippen molar-refractivity contribution in [1.82, 2.24) is 4.90 Å². The summed E-state index contributed by atoms with van der Waals surface area (Å²) < 4.78 is 12.0. The maximum atomic E-state index is 14.5. The molecule has 2 aromatic rings. The fourth-order valence-electron chi connectivity index (χ4n) is 6.11. The first-order valence-electron chi connectivity index (χ1n) is 13.1. The zero-order valence-corrected chi connectivity index (χ0v) is 23.6. The number of piperidine rings is 1. The lowest BCUT2D eigenvalue weighted by molar-refractivity contribution is -0.163. The molecule has 0 N–H and O–H groups in total. The van der Waals surface area contributed by atoms with Crippen molar-refractivity contribution in [2.75, 3.05) is 6.61 Å². The summed E-state index contributed by atoms with van der Waals surface area (Å²) in [7, 11) is 0. The third-order valence-corrected chi connectivity index (χ3v) is 8.28. The number of amides is 1. The third-order valence-electron chi connectivity index (χ3n) is 7.79. The van der Waals surface area contributed by atoms with Gasteiger partial charge in [-0.15, -0.1) is 0 Å². The summed E-state index contributed by atoms with van der Waals surface area (Å²) in [6, 6.07) is 17.7. The van der Waals surface area contributed by atoms with E-state index >= 15 is 0 Å². The van der Waals surface area contributed by atoms with Crippen LogP contribution in [0.25, 0.3) is 0 Å². The zero-order valence-electron chi connectivity index (χ0n) is 22.0. The van der Waals surface area contributed by atoms with Crippen LogP contribution in [-0.2, 0) is 14.3 Å². The standard InChI is InChI=1S/C30H36Cl2N2O3/c1-5-24(10-7-15-33)34-27(20-11-13-22(31)14-12-20)26(21-8-6-9-23(32)16-21)18-30(4,28(34)35)17-25-19-36-29(2,3)37-25/h6,8-9,11-14,16,24-27H,5,7,10,17-19H2,1-4H3/t24?,25?,26-,27?,30+/m1/s1. The van der Waals surface area contributed by atoms with E-state index < -0.39 is 11.2 Å². The molecule has 2 heterocycles. The molecule has 2 aliphatic rings. The van der Waals surface area contributed by atoms with E-state index in [9.17, 15) is 10.1 Å². The minimum Gasteiger partial charge on any atom is -0.348 e. The highest BCUT2D eigenvalue weighted by Gasteiger charge is 2.53. The molecule has 2 saturated heterocycles. The Morgan fingerprint density at radius 3 is 2.43 bits per heavy atom. The van der Waals surface area contributed by atoms with Gasteiger partial charge in [-0.05, 0) is 74.9 Å². The highest BCUT2D eigenvalue weighted by atomic mass is 35.5. The molecule has 0 saturated carbocycles. The largest absolute Gasteiger partial charge is 0.348 e. The average molecular weight is 544 g/mol. The summed E-state index contributed by atoms with van der Waals surface area (Å²) >= 11 is 12.7. The number of nitrogens with zero attached hydrogens (tertiary/aromatic N) is 2. The van der Waals surface area contributed by atoms with Crippen LogP contribution < -0.4 is 0 Å². The molecule has 2 fully saturated rings. The Morgan fingerprint density at radius 2 is 1.84 bits per heavy atom. The Hall–Kier alpha value is -2.10. The quantitative estimate of drug-likeness (QED) is 0.343. The molecule has 5 nitrogen and oxygen atoms in total. The second-order valence-corrected chi connectivity index (χ2v) is 11.9. The summed E-state index contributed by atoms with van der Waals surface area (Å²) in [5.41, 5.74) is 1.45. The van der Waals surface area contributed by atoms with Crippen LogP contribution in [0.3, 0.4) is 0 Å². The summed E-state index contributed by atoms with van der Waals surface area (Å²) in [4.78, 5) is 16.6. The van der Waals surface area contributed by atoms with Crippen molar-refractivity contribution in [1.29, 1.82) is 5.26 Å². The van der Waals surface area contributed by atoms with Gasteiger partial charge in [-0.1, -0.05) is 61.3 Å². The van der Waals surface area contributed by atoms with Crippen molar-refractivity contribution < 1.29 is 14.3 Å². The summed E-state index contributed by atoms with van der Waals surface area (Å²) in [6.07, 6.45) is 2.80. The number of hydrogen-bond donors (Lipinski definition) is 0. The lowest BCUT2D eigenvalue weighted by atomic mass is 9.66. The normalized spacial score (nSPS) is 28.2. The Morgan fingerprint density at radius 1 is 1.11 bits per heavy atom. The lowest BCUT2D eigenvalue weighted by Gasteiger charge is -2.52. The Kier molecular flexibility index (Phi) is 8.55. The van der Waals surface area contributed by atoms with Gasteiger partial charge in [-0.2, -0.15) is 5.26 Å². The van der Waals surface area contributed by atoms with Crippen LogP contribution >= 0.6 is 23.2 Å². The van der Waals surface area contributed by atoms with Crippen molar-refractivity contribution in [3.63, 3.8) is 0 Å². The first kappa shape index (κ1) is 27.9. The topological polar surface area (TPSA) is 62.6 Å². The number of carbonyl (C=O) groups excluding carboxylic acids is 1. The predicted octanol–water partition coefficient (Wildman–Crippen LogP) is 7.68. The number of carbonyl (C=O) groups is 1. The highest BCUT2D eigenvalue weighted by Crippen LogP contribution is 2.53. The van der Waals surface area contributed by atoms with Crippen LogP contribution in [0.15, 0.2) is 48.5 Å². The van der Waals surface area contributed by atoms with Crippen molar-refractivity contribution in [3.8, 4) is 6.07 Å². The van der Waals surface area contributed by atoms with Crippen molar-refractivity contribution in [3.05, 3.63) is 69.7 Å². The molecule has 0 aromatic heterocycles. The number of ether oxygens (including phenoxy) is 2. The van der Waals surface area contributed by atoms with Crippen molar-refractivity contribution in [2.45, 2.75) is 89.7 Å². The number of halogens is 2. The molecule has 37 heavy (non-hydrogen) atoms. The Balaban J connectivity index is 1.83. The zero-order chi connectivity index (χ0) is 26.8. The van der Waals surface area contributed by atoms with Crippen molar-refractivity contribution in [2.24, 2.45) is 5.41 Å². The Bertz CT molecular complexity index is 1150. The molecule has 1 amide bonds. The molecule has 4 rings (SSSR count). The molecule has 3 unspecified atom stereocenters. The van der Waals surface area contributed by atoms with Crippen molar-refractivity contribution >= 4 is 29.1 Å². The van der Waals surface area contributed by atoms with Gasteiger partial charge >= 0.3 is 0 Å². The van der Waals surface area contributed by atoms with E-state index in [0.717, 1.165) is 17.5 Å². The molecule has 5 atom stereocenters. The van der Waals surface area contributed by atoms with E-state index in [0.29, 0.717) is 42.3 Å². The van der Waals surface area contributed by atoms with Gasteiger partial charge < -0.3 is 14.4 Å². The summed E-state index contributed by atoms with van der Waals surface area (Å²) in [5.74, 6) is -0.562. The minimum atomic E-state index is -0.676. The van der Waals surface area contributed by atoms with Gasteiger partial charge in [-0.3, -0.25) is 4.79 Å². The van der Waals surface area contributed by atoms with Gasteiger partial charge in [-0.25, -0.2) is 0 Å². The molecule has 7 heteroatoms. The van der Waals surface area contributed by atoms with E-state index in [-0.39, 0.29) is 30.0 Å². The molecule has 0 radical (unpaired) electrons. The predicted molar refractivity (Wildman–Crippen MR) is 146 cm³/mol. The van der Waals surface area contributed by atoms with Gasteiger partial charge in [0.2, 0.25) is 5.91 Å². The maximum Gasteiger partial charge on any atom is 0.229 e. The average Bonchev–Trinajstić information content (AvgIpc) is 3.20. The van der Waals surface area contributed by atoms with Gasteiger partial charge in [0.05, 0.1) is 24.8 Å².